The predicted molar refractivity (Wildman–Crippen MR) is 44.3 cm³/mol. The first-order valence-corrected chi connectivity index (χ1v) is 3.99. The Morgan fingerprint density at radius 3 is 2.55 bits per heavy atom. The minimum absolute atomic E-state index is 0.662. The van der Waals surface area contributed by atoms with Crippen molar-refractivity contribution in [2.45, 2.75) is 25.7 Å². The lowest BCUT2D eigenvalue weighted by molar-refractivity contribution is 0.721. The van der Waals surface area contributed by atoms with Gasteiger partial charge < -0.3 is 5.73 Å². The van der Waals surface area contributed by atoms with Crippen LogP contribution in [0.25, 0.3) is 0 Å². The van der Waals surface area contributed by atoms with Gasteiger partial charge in [0.1, 0.15) is 0 Å². The van der Waals surface area contributed by atoms with Gasteiger partial charge in [-0.1, -0.05) is 0 Å². The highest BCUT2D eigenvalue weighted by Crippen LogP contribution is 2.42. The molecule has 1 aliphatic carbocycles. The zero-order valence-electron chi connectivity index (χ0n) is 6.96. The molecule has 0 bridgehead atoms. The van der Waals surface area contributed by atoms with Gasteiger partial charge in [0.2, 0.25) is 0 Å². The summed E-state index contributed by atoms with van der Waals surface area (Å²) >= 11 is 0. The van der Waals surface area contributed by atoms with E-state index >= 15 is 0 Å². The first-order chi connectivity index (χ1) is 5.20. The molecule has 60 valence electrons. The number of hydrogen-bond acceptors (Lipinski definition) is 2. The topological polar surface area (TPSA) is 43.8 Å². The van der Waals surface area contributed by atoms with E-state index in [-0.39, 0.29) is 0 Å². The van der Waals surface area contributed by atoms with Crippen LogP contribution in [-0.2, 0) is 7.05 Å². The fraction of sp³-hybridized carbons (Fsp3) is 0.625. The van der Waals surface area contributed by atoms with Gasteiger partial charge in [-0.3, -0.25) is 4.68 Å². The molecule has 1 aromatic heterocycles. The third-order valence-corrected chi connectivity index (χ3v) is 2.37. The SMILES string of the molecule is Cc1c(N)c(C2CC2)nn1C. The summed E-state index contributed by atoms with van der Waals surface area (Å²) in [5.41, 5.74) is 8.96. The number of nitrogen functional groups attached to an aromatic ring is 1. The lowest BCUT2D eigenvalue weighted by Gasteiger charge is -1.92. The Balaban J connectivity index is 2.46. The van der Waals surface area contributed by atoms with Crippen molar-refractivity contribution in [3.63, 3.8) is 0 Å². The van der Waals surface area contributed by atoms with E-state index < -0.39 is 0 Å². The molecule has 0 amide bonds. The Hall–Kier alpha value is -0.990. The molecule has 0 aliphatic heterocycles. The molecule has 2 rings (SSSR count). The summed E-state index contributed by atoms with van der Waals surface area (Å²) in [4.78, 5) is 0. The van der Waals surface area contributed by atoms with E-state index in [2.05, 4.69) is 5.10 Å². The summed E-state index contributed by atoms with van der Waals surface area (Å²) in [6.45, 7) is 2.01. The van der Waals surface area contributed by atoms with Crippen molar-refractivity contribution in [3.05, 3.63) is 11.4 Å². The van der Waals surface area contributed by atoms with Crippen LogP contribution in [0.3, 0.4) is 0 Å². The molecule has 0 atom stereocenters. The van der Waals surface area contributed by atoms with E-state index in [4.69, 9.17) is 5.73 Å². The molecule has 2 N–H and O–H groups in total. The van der Waals surface area contributed by atoms with Gasteiger partial charge in [0.25, 0.3) is 0 Å². The van der Waals surface area contributed by atoms with Crippen LogP contribution < -0.4 is 5.73 Å². The second-order valence-electron chi connectivity index (χ2n) is 3.28. The zero-order valence-corrected chi connectivity index (χ0v) is 6.96. The summed E-state index contributed by atoms with van der Waals surface area (Å²) in [5.74, 6) is 0.662. The van der Waals surface area contributed by atoms with Crippen LogP contribution in [0, 0.1) is 6.92 Å². The quantitative estimate of drug-likeness (QED) is 0.655. The average molecular weight is 151 g/mol. The summed E-state index contributed by atoms with van der Waals surface area (Å²) in [7, 11) is 1.94. The van der Waals surface area contributed by atoms with Crippen molar-refractivity contribution in [3.8, 4) is 0 Å². The summed E-state index contributed by atoms with van der Waals surface area (Å²) in [5, 5.41) is 4.36. The zero-order chi connectivity index (χ0) is 8.01. The molecule has 1 aromatic rings. The fourth-order valence-corrected chi connectivity index (χ4v) is 1.31. The molecule has 3 nitrogen and oxygen atoms in total. The molecule has 0 spiro atoms. The van der Waals surface area contributed by atoms with Gasteiger partial charge in [-0.15, -0.1) is 0 Å². The number of aromatic nitrogens is 2. The second-order valence-corrected chi connectivity index (χ2v) is 3.28. The number of rotatable bonds is 1. The third kappa shape index (κ3) is 0.914. The van der Waals surface area contributed by atoms with Gasteiger partial charge in [0.15, 0.2) is 0 Å². The van der Waals surface area contributed by atoms with Crippen LogP contribution >= 0.6 is 0 Å². The summed E-state index contributed by atoms with van der Waals surface area (Å²) in [6.07, 6.45) is 2.53. The van der Waals surface area contributed by atoms with Crippen LogP contribution in [0.4, 0.5) is 5.69 Å². The normalized spacial score (nSPS) is 17.3. The van der Waals surface area contributed by atoms with Crippen LogP contribution in [0.5, 0.6) is 0 Å². The number of nitrogens with two attached hydrogens (primary N) is 1. The van der Waals surface area contributed by atoms with Gasteiger partial charge >= 0.3 is 0 Å². The predicted octanol–water partition coefficient (Wildman–Crippen LogP) is 1.19. The maximum Gasteiger partial charge on any atom is 0.0887 e. The highest BCUT2D eigenvalue weighted by Gasteiger charge is 2.29. The van der Waals surface area contributed by atoms with E-state index in [1.165, 1.54) is 12.8 Å². The van der Waals surface area contributed by atoms with Crippen molar-refractivity contribution in [2.75, 3.05) is 5.73 Å². The minimum atomic E-state index is 0.662. The van der Waals surface area contributed by atoms with Crippen molar-refractivity contribution >= 4 is 5.69 Å². The Bertz CT molecular complexity index is 284. The van der Waals surface area contributed by atoms with E-state index in [1.54, 1.807) is 0 Å². The van der Waals surface area contributed by atoms with Gasteiger partial charge in [-0.05, 0) is 19.8 Å². The number of nitrogens with zero attached hydrogens (tertiary/aromatic N) is 2. The van der Waals surface area contributed by atoms with Crippen molar-refractivity contribution in [1.82, 2.24) is 9.78 Å². The monoisotopic (exact) mass is 151 g/mol. The molecule has 0 radical (unpaired) electrons. The summed E-state index contributed by atoms with van der Waals surface area (Å²) < 4.78 is 1.86. The average Bonchev–Trinajstić information content (AvgIpc) is 2.76. The highest BCUT2D eigenvalue weighted by molar-refractivity contribution is 5.50. The Morgan fingerprint density at radius 1 is 1.55 bits per heavy atom. The minimum Gasteiger partial charge on any atom is -0.396 e. The molecule has 1 heterocycles. The Labute approximate surface area is 66.2 Å². The maximum atomic E-state index is 5.86. The van der Waals surface area contributed by atoms with Crippen LogP contribution in [0.15, 0.2) is 0 Å². The number of aryl methyl sites for hydroxylation is 1. The molecule has 1 fully saturated rings. The van der Waals surface area contributed by atoms with E-state index in [0.29, 0.717) is 5.92 Å². The standard InChI is InChI=1S/C8H13N3/c1-5-7(9)8(6-3-4-6)10-11(5)2/h6H,3-4,9H2,1-2H3. The van der Waals surface area contributed by atoms with Gasteiger partial charge in [-0.2, -0.15) is 5.10 Å². The van der Waals surface area contributed by atoms with Crippen molar-refractivity contribution in [2.24, 2.45) is 7.05 Å². The third-order valence-electron chi connectivity index (χ3n) is 2.37. The molecule has 3 heteroatoms. The maximum absolute atomic E-state index is 5.86. The molecular weight excluding hydrogens is 138 g/mol. The molecule has 11 heavy (non-hydrogen) atoms. The van der Waals surface area contributed by atoms with Crippen molar-refractivity contribution in [1.29, 1.82) is 0 Å². The van der Waals surface area contributed by atoms with Crippen LogP contribution in [-0.4, -0.2) is 9.78 Å². The highest BCUT2D eigenvalue weighted by atomic mass is 15.3. The molecule has 0 aromatic carbocycles. The Morgan fingerprint density at radius 2 is 2.18 bits per heavy atom. The van der Waals surface area contributed by atoms with E-state index in [9.17, 15) is 0 Å². The van der Waals surface area contributed by atoms with Crippen LogP contribution in [0.1, 0.15) is 30.1 Å². The molecule has 0 unspecified atom stereocenters. The summed E-state index contributed by atoms with van der Waals surface area (Å²) in [6, 6.07) is 0. The first kappa shape index (κ1) is 6.70. The number of anilines is 1. The molecule has 0 saturated heterocycles. The van der Waals surface area contributed by atoms with Gasteiger partial charge in [-0.25, -0.2) is 0 Å². The van der Waals surface area contributed by atoms with E-state index in [1.807, 2.05) is 18.7 Å². The molecule has 1 saturated carbocycles. The molecule has 1 aliphatic rings. The molecular formula is C8H13N3. The van der Waals surface area contributed by atoms with Gasteiger partial charge in [0, 0.05) is 13.0 Å². The van der Waals surface area contributed by atoms with Crippen molar-refractivity contribution < 1.29 is 0 Å². The lowest BCUT2D eigenvalue weighted by Crippen LogP contribution is -1.93. The number of hydrogen-bond donors (Lipinski definition) is 1. The van der Waals surface area contributed by atoms with Gasteiger partial charge in [0.05, 0.1) is 17.1 Å². The lowest BCUT2D eigenvalue weighted by atomic mass is 10.2. The Kier molecular flexibility index (Phi) is 1.22. The van der Waals surface area contributed by atoms with Crippen LogP contribution in [0.2, 0.25) is 0 Å². The second kappa shape index (κ2) is 2.00. The fourth-order valence-electron chi connectivity index (χ4n) is 1.31. The first-order valence-electron chi connectivity index (χ1n) is 3.99. The smallest absolute Gasteiger partial charge is 0.0887 e. The van der Waals surface area contributed by atoms with E-state index in [0.717, 1.165) is 17.1 Å². The largest absolute Gasteiger partial charge is 0.396 e.